The predicted molar refractivity (Wildman–Crippen MR) is 88.8 cm³/mol. The predicted octanol–water partition coefficient (Wildman–Crippen LogP) is 1.16. The number of hydrogen-bond donors (Lipinski definition) is 2. The molecule has 3 aliphatic rings. The maximum atomic E-state index is 12.5. The molecular weight excluding hydrogens is 292 g/mol. The zero-order chi connectivity index (χ0) is 16.2. The number of amides is 3. The number of carbonyl (C=O) groups is 2. The second-order valence-corrected chi connectivity index (χ2v) is 7.28. The number of urea groups is 1. The first-order chi connectivity index (χ1) is 11.2. The smallest absolute Gasteiger partial charge is 0.319 e. The van der Waals surface area contributed by atoms with Crippen LogP contribution >= 0.6 is 0 Å². The van der Waals surface area contributed by atoms with E-state index in [0.717, 1.165) is 58.0 Å². The van der Waals surface area contributed by atoms with Crippen molar-refractivity contribution >= 4 is 11.9 Å². The van der Waals surface area contributed by atoms with Crippen LogP contribution in [0.4, 0.5) is 4.79 Å². The van der Waals surface area contributed by atoms with Gasteiger partial charge in [0.2, 0.25) is 5.91 Å². The van der Waals surface area contributed by atoms with Crippen molar-refractivity contribution in [3.8, 4) is 0 Å². The number of carbonyl (C=O) groups excluding carboxylic acids is 2. The van der Waals surface area contributed by atoms with Crippen LogP contribution in [0, 0.1) is 11.8 Å². The van der Waals surface area contributed by atoms with Gasteiger partial charge >= 0.3 is 6.03 Å². The fraction of sp³-hybridized carbons (Fsp3) is 0.882. The van der Waals surface area contributed by atoms with E-state index in [-0.39, 0.29) is 23.9 Å². The number of likely N-dealkylation sites (tertiary alicyclic amines) is 2. The molecule has 3 rings (SSSR count). The highest BCUT2D eigenvalue weighted by Gasteiger charge is 2.33. The molecule has 6 heteroatoms. The second kappa shape index (κ2) is 7.51. The molecule has 2 atom stereocenters. The molecule has 0 radical (unpaired) electrons. The van der Waals surface area contributed by atoms with Gasteiger partial charge in [-0.1, -0.05) is 6.42 Å². The maximum Gasteiger partial charge on any atom is 0.319 e. The molecule has 3 fully saturated rings. The molecule has 2 saturated heterocycles. The maximum absolute atomic E-state index is 12.5. The third-order valence-electron chi connectivity index (χ3n) is 5.80. The number of piperidine rings is 1. The molecule has 0 bridgehead atoms. The molecule has 0 aromatic heterocycles. The van der Waals surface area contributed by atoms with Crippen molar-refractivity contribution in [1.29, 1.82) is 0 Å². The summed E-state index contributed by atoms with van der Waals surface area (Å²) in [5.41, 5.74) is 5.79. The lowest BCUT2D eigenvalue weighted by atomic mass is 9.94. The fourth-order valence-electron chi connectivity index (χ4n) is 4.25. The van der Waals surface area contributed by atoms with E-state index in [1.807, 2.05) is 9.80 Å². The summed E-state index contributed by atoms with van der Waals surface area (Å²) in [6, 6.07) is 0.428. The van der Waals surface area contributed by atoms with Crippen LogP contribution in [0.1, 0.15) is 44.9 Å². The summed E-state index contributed by atoms with van der Waals surface area (Å²) in [4.78, 5) is 28.7. The molecule has 2 aliphatic heterocycles. The van der Waals surface area contributed by atoms with Crippen LogP contribution in [0.15, 0.2) is 0 Å². The third kappa shape index (κ3) is 3.79. The van der Waals surface area contributed by atoms with Gasteiger partial charge in [-0.05, 0) is 51.0 Å². The van der Waals surface area contributed by atoms with Crippen molar-refractivity contribution in [3.63, 3.8) is 0 Å². The van der Waals surface area contributed by atoms with Crippen molar-refractivity contribution in [2.45, 2.75) is 51.0 Å². The van der Waals surface area contributed by atoms with Crippen LogP contribution in [0.5, 0.6) is 0 Å². The minimum atomic E-state index is 0.0525. The fourth-order valence-corrected chi connectivity index (χ4v) is 4.25. The third-order valence-corrected chi connectivity index (χ3v) is 5.80. The van der Waals surface area contributed by atoms with Crippen LogP contribution in [0.2, 0.25) is 0 Å². The lowest BCUT2D eigenvalue weighted by molar-refractivity contribution is -0.127. The molecule has 2 unspecified atom stereocenters. The SMILES string of the molecule is NCC1CCCC1NC(=O)C1CCN(C(=O)N2CCCC2)CC1. The summed E-state index contributed by atoms with van der Waals surface area (Å²) in [5, 5.41) is 3.22. The molecule has 0 aromatic rings. The highest BCUT2D eigenvalue weighted by Crippen LogP contribution is 2.26. The van der Waals surface area contributed by atoms with E-state index < -0.39 is 0 Å². The van der Waals surface area contributed by atoms with Crippen molar-refractivity contribution in [2.75, 3.05) is 32.7 Å². The summed E-state index contributed by atoms with van der Waals surface area (Å²) in [6.07, 6.45) is 7.15. The Labute approximate surface area is 138 Å². The molecule has 1 aliphatic carbocycles. The molecule has 3 amide bonds. The highest BCUT2D eigenvalue weighted by atomic mass is 16.2. The Kier molecular flexibility index (Phi) is 5.41. The van der Waals surface area contributed by atoms with Gasteiger partial charge in [-0.3, -0.25) is 4.79 Å². The van der Waals surface area contributed by atoms with Gasteiger partial charge in [-0.25, -0.2) is 4.79 Å². The van der Waals surface area contributed by atoms with Crippen LogP contribution in [-0.4, -0.2) is 60.5 Å². The average Bonchev–Trinajstić information content (AvgIpc) is 3.25. The molecule has 23 heavy (non-hydrogen) atoms. The molecule has 2 heterocycles. The van der Waals surface area contributed by atoms with Gasteiger partial charge in [-0.2, -0.15) is 0 Å². The normalized spacial score (nSPS) is 29.1. The first-order valence-electron chi connectivity index (χ1n) is 9.23. The highest BCUT2D eigenvalue weighted by molar-refractivity contribution is 5.80. The topological polar surface area (TPSA) is 78.7 Å². The summed E-state index contributed by atoms with van der Waals surface area (Å²) < 4.78 is 0. The second-order valence-electron chi connectivity index (χ2n) is 7.28. The molecule has 1 saturated carbocycles. The number of hydrogen-bond acceptors (Lipinski definition) is 3. The number of nitrogens with one attached hydrogen (secondary N) is 1. The minimum Gasteiger partial charge on any atom is -0.353 e. The standard InChI is InChI=1S/C17H30N4O2/c18-12-14-4-3-5-15(14)19-16(22)13-6-10-21(11-7-13)17(23)20-8-1-2-9-20/h13-15H,1-12,18H2,(H,19,22). The lowest BCUT2D eigenvalue weighted by Gasteiger charge is -2.34. The van der Waals surface area contributed by atoms with Gasteiger partial charge in [-0.15, -0.1) is 0 Å². The van der Waals surface area contributed by atoms with E-state index in [0.29, 0.717) is 25.6 Å². The molecule has 130 valence electrons. The van der Waals surface area contributed by atoms with Gasteiger partial charge in [0.1, 0.15) is 0 Å². The Morgan fingerprint density at radius 2 is 1.57 bits per heavy atom. The quantitative estimate of drug-likeness (QED) is 0.818. The van der Waals surface area contributed by atoms with Crippen LogP contribution < -0.4 is 11.1 Å². The van der Waals surface area contributed by atoms with E-state index in [1.54, 1.807) is 0 Å². The minimum absolute atomic E-state index is 0.0525. The number of nitrogens with two attached hydrogens (primary N) is 1. The van der Waals surface area contributed by atoms with E-state index in [9.17, 15) is 9.59 Å². The van der Waals surface area contributed by atoms with Crippen LogP contribution in [-0.2, 0) is 4.79 Å². The Morgan fingerprint density at radius 3 is 2.22 bits per heavy atom. The molecule has 0 spiro atoms. The van der Waals surface area contributed by atoms with Crippen molar-refractivity contribution in [3.05, 3.63) is 0 Å². The summed E-state index contributed by atoms with van der Waals surface area (Å²) in [7, 11) is 0. The number of nitrogens with zero attached hydrogens (tertiary/aromatic N) is 2. The van der Waals surface area contributed by atoms with Crippen LogP contribution in [0.25, 0.3) is 0 Å². The lowest BCUT2D eigenvalue weighted by Crippen LogP contribution is -2.49. The molecule has 6 nitrogen and oxygen atoms in total. The van der Waals surface area contributed by atoms with Gasteiger partial charge in [0.25, 0.3) is 0 Å². The first kappa shape index (κ1) is 16.6. The Morgan fingerprint density at radius 1 is 0.913 bits per heavy atom. The summed E-state index contributed by atoms with van der Waals surface area (Å²) in [5.74, 6) is 0.663. The van der Waals surface area contributed by atoms with Crippen molar-refractivity contribution in [2.24, 2.45) is 17.6 Å². The van der Waals surface area contributed by atoms with E-state index in [4.69, 9.17) is 5.73 Å². The number of rotatable bonds is 3. The molecule has 0 aromatic carbocycles. The Bertz CT molecular complexity index is 428. The van der Waals surface area contributed by atoms with Crippen LogP contribution in [0.3, 0.4) is 0 Å². The zero-order valence-electron chi connectivity index (χ0n) is 14.0. The van der Waals surface area contributed by atoms with E-state index in [2.05, 4.69) is 5.32 Å². The molecular formula is C17H30N4O2. The van der Waals surface area contributed by atoms with Crippen molar-refractivity contribution < 1.29 is 9.59 Å². The monoisotopic (exact) mass is 322 g/mol. The van der Waals surface area contributed by atoms with Gasteiger partial charge in [0.05, 0.1) is 0 Å². The zero-order valence-corrected chi connectivity index (χ0v) is 14.0. The average molecular weight is 322 g/mol. The van der Waals surface area contributed by atoms with Crippen molar-refractivity contribution in [1.82, 2.24) is 15.1 Å². The summed E-state index contributed by atoms with van der Waals surface area (Å²) >= 11 is 0. The van der Waals surface area contributed by atoms with E-state index >= 15 is 0 Å². The van der Waals surface area contributed by atoms with Gasteiger partial charge in [0.15, 0.2) is 0 Å². The largest absolute Gasteiger partial charge is 0.353 e. The van der Waals surface area contributed by atoms with E-state index in [1.165, 1.54) is 0 Å². The molecule has 3 N–H and O–H groups in total. The first-order valence-corrected chi connectivity index (χ1v) is 9.23. The Balaban J connectivity index is 1.44. The Hall–Kier alpha value is -1.30. The van der Waals surface area contributed by atoms with Gasteiger partial charge in [0, 0.05) is 38.1 Å². The summed E-state index contributed by atoms with van der Waals surface area (Å²) in [6.45, 7) is 3.85. The van der Waals surface area contributed by atoms with Gasteiger partial charge < -0.3 is 20.9 Å².